The van der Waals surface area contributed by atoms with Crippen LogP contribution in [-0.4, -0.2) is 41.2 Å². The largest absolute Gasteiger partial charge is 0.495 e. The van der Waals surface area contributed by atoms with E-state index >= 15 is 0 Å². The van der Waals surface area contributed by atoms with Crippen LogP contribution < -0.4 is 15.7 Å². The first-order chi connectivity index (χ1) is 16.5. The maximum Gasteiger partial charge on any atom is 0.495 e. The molecule has 3 heterocycles. The quantitative estimate of drug-likeness (QED) is 0.542. The number of pyridine rings is 2. The highest BCUT2D eigenvalue weighted by atomic mass is 19.2. The minimum atomic E-state index is -0.966. The smallest absolute Gasteiger partial charge is 0.399 e. The van der Waals surface area contributed by atoms with Crippen LogP contribution in [0.3, 0.4) is 0 Å². The molecule has 0 bridgehead atoms. The van der Waals surface area contributed by atoms with E-state index in [1.165, 1.54) is 6.07 Å². The number of nitrogens with zero attached hydrogens (tertiary/aromatic N) is 3. The van der Waals surface area contributed by atoms with Crippen molar-refractivity contribution in [3.63, 3.8) is 0 Å². The first-order valence-electron chi connectivity index (χ1n) is 11.2. The minimum Gasteiger partial charge on any atom is -0.399 e. The predicted molar refractivity (Wildman–Crippen MR) is 130 cm³/mol. The number of halogens is 2. The molecule has 4 rings (SSSR count). The minimum absolute atomic E-state index is 0.0315. The molecule has 35 heavy (non-hydrogen) atoms. The number of carbonyl (C=O) groups is 1. The number of hydrogen-bond donors (Lipinski definition) is 1. The Morgan fingerprint density at radius 2 is 1.71 bits per heavy atom. The molecule has 1 aromatic carbocycles. The first-order valence-corrected chi connectivity index (χ1v) is 11.2. The van der Waals surface area contributed by atoms with Gasteiger partial charge in [-0.25, -0.2) is 18.7 Å². The average Bonchev–Trinajstić information content (AvgIpc) is 3.06. The Labute approximate surface area is 203 Å². The van der Waals surface area contributed by atoms with Gasteiger partial charge in [-0.15, -0.1) is 0 Å². The van der Waals surface area contributed by atoms with Crippen molar-refractivity contribution in [2.75, 3.05) is 11.9 Å². The summed E-state index contributed by atoms with van der Waals surface area (Å²) in [5.41, 5.74) is 0.577. The molecule has 0 radical (unpaired) electrons. The molecule has 1 aliphatic rings. The number of benzene rings is 1. The molecular formula is C25H27BF2N4O3. The van der Waals surface area contributed by atoms with Crippen molar-refractivity contribution in [2.24, 2.45) is 0 Å². The van der Waals surface area contributed by atoms with Gasteiger partial charge in [0, 0.05) is 26.0 Å². The highest BCUT2D eigenvalue weighted by Gasteiger charge is 2.51. The molecule has 1 amide bonds. The molecule has 182 valence electrons. The lowest BCUT2D eigenvalue weighted by Gasteiger charge is -2.32. The van der Waals surface area contributed by atoms with Gasteiger partial charge >= 0.3 is 7.12 Å². The Morgan fingerprint density at radius 1 is 1.00 bits per heavy atom. The number of aromatic nitrogens is 2. The highest BCUT2D eigenvalue weighted by Crippen LogP contribution is 2.36. The van der Waals surface area contributed by atoms with Gasteiger partial charge in [-0.3, -0.25) is 4.79 Å². The maximum absolute atomic E-state index is 13.5. The van der Waals surface area contributed by atoms with Gasteiger partial charge in [-0.05, 0) is 75.1 Å². The van der Waals surface area contributed by atoms with Gasteiger partial charge in [0.2, 0.25) is 0 Å². The zero-order valence-electron chi connectivity index (χ0n) is 20.3. The van der Waals surface area contributed by atoms with Crippen LogP contribution in [0.2, 0.25) is 0 Å². The molecule has 0 atom stereocenters. The van der Waals surface area contributed by atoms with E-state index in [9.17, 15) is 13.6 Å². The summed E-state index contributed by atoms with van der Waals surface area (Å²) in [6.07, 6.45) is 3.23. The Balaban J connectivity index is 1.54. The Kier molecular flexibility index (Phi) is 6.61. The maximum atomic E-state index is 13.5. The molecule has 0 saturated carbocycles. The summed E-state index contributed by atoms with van der Waals surface area (Å²) in [6, 6.07) is 10.4. The van der Waals surface area contributed by atoms with Crippen molar-refractivity contribution >= 4 is 30.1 Å². The second-order valence-corrected chi connectivity index (χ2v) is 9.40. The standard InChI is InChI=1S/C25H27BF2N4O3/c1-24(2)25(3,4)35-26(34-24)17-10-12-29-21(14-17)32(5)22-18(7-6-11-30-22)23(33)31-15-16-8-9-19(27)20(28)13-16/h6-14H,15H2,1-5H3,(H,31,33). The SMILES string of the molecule is CN(c1cc(B2OC(C)(C)C(C)(C)O2)ccn1)c1ncccc1C(=O)NCc1ccc(F)c(F)c1. The van der Waals surface area contributed by atoms with E-state index in [0.29, 0.717) is 22.8 Å². The van der Waals surface area contributed by atoms with Crippen LogP contribution in [-0.2, 0) is 15.9 Å². The van der Waals surface area contributed by atoms with Gasteiger partial charge in [0.05, 0.1) is 16.8 Å². The molecule has 3 aromatic rings. The molecule has 10 heteroatoms. The Morgan fingerprint density at radius 3 is 2.40 bits per heavy atom. The van der Waals surface area contributed by atoms with Crippen molar-refractivity contribution in [1.82, 2.24) is 15.3 Å². The summed E-state index contributed by atoms with van der Waals surface area (Å²) in [5, 5.41) is 2.73. The molecule has 1 fully saturated rings. The molecule has 0 spiro atoms. The van der Waals surface area contributed by atoms with Crippen LogP contribution in [0.5, 0.6) is 0 Å². The fourth-order valence-corrected chi connectivity index (χ4v) is 3.62. The van der Waals surface area contributed by atoms with Crippen molar-refractivity contribution in [3.05, 3.63) is 77.6 Å². The summed E-state index contributed by atoms with van der Waals surface area (Å²) >= 11 is 0. The van der Waals surface area contributed by atoms with Crippen LogP contribution in [0.15, 0.2) is 54.9 Å². The zero-order valence-corrected chi connectivity index (χ0v) is 20.3. The van der Waals surface area contributed by atoms with Gasteiger partial charge in [0.25, 0.3) is 5.91 Å². The summed E-state index contributed by atoms with van der Waals surface area (Å²) < 4.78 is 38.9. The van der Waals surface area contributed by atoms with Gasteiger partial charge in [0.15, 0.2) is 11.6 Å². The predicted octanol–water partition coefficient (Wildman–Crippen LogP) is 3.75. The molecule has 2 aromatic heterocycles. The fraction of sp³-hybridized carbons (Fsp3) is 0.320. The lowest BCUT2D eigenvalue weighted by Crippen LogP contribution is -2.41. The average molecular weight is 480 g/mol. The summed E-state index contributed by atoms with van der Waals surface area (Å²) in [7, 11) is 1.20. The van der Waals surface area contributed by atoms with Crippen molar-refractivity contribution in [2.45, 2.75) is 45.4 Å². The number of rotatable bonds is 6. The highest BCUT2D eigenvalue weighted by molar-refractivity contribution is 6.62. The van der Waals surface area contributed by atoms with Crippen LogP contribution in [0, 0.1) is 11.6 Å². The van der Waals surface area contributed by atoms with Crippen molar-refractivity contribution in [3.8, 4) is 0 Å². The van der Waals surface area contributed by atoms with Gasteiger partial charge in [-0.1, -0.05) is 6.07 Å². The van der Waals surface area contributed by atoms with E-state index in [4.69, 9.17) is 9.31 Å². The lowest BCUT2D eigenvalue weighted by molar-refractivity contribution is 0.00578. The van der Waals surface area contributed by atoms with E-state index in [1.807, 2.05) is 39.8 Å². The van der Waals surface area contributed by atoms with Crippen LogP contribution in [0.1, 0.15) is 43.6 Å². The Bertz CT molecular complexity index is 1240. The van der Waals surface area contributed by atoms with E-state index in [2.05, 4.69) is 15.3 Å². The molecule has 0 aliphatic carbocycles. The van der Waals surface area contributed by atoms with E-state index in [-0.39, 0.29) is 6.54 Å². The normalized spacial score (nSPS) is 16.3. The number of amides is 1. The van der Waals surface area contributed by atoms with Gasteiger partial charge in [-0.2, -0.15) is 0 Å². The number of nitrogens with one attached hydrogen (secondary N) is 1. The monoisotopic (exact) mass is 480 g/mol. The second-order valence-electron chi connectivity index (χ2n) is 9.40. The molecule has 1 aliphatic heterocycles. The first kappa shape index (κ1) is 24.7. The number of carbonyl (C=O) groups excluding carboxylic acids is 1. The fourth-order valence-electron chi connectivity index (χ4n) is 3.62. The van der Waals surface area contributed by atoms with Crippen LogP contribution in [0.25, 0.3) is 0 Å². The molecule has 1 N–H and O–H groups in total. The summed E-state index contributed by atoms with van der Waals surface area (Å²) in [4.78, 5) is 23.5. The summed E-state index contributed by atoms with van der Waals surface area (Å²) in [5.74, 6) is -1.38. The third-order valence-electron chi connectivity index (χ3n) is 6.42. The lowest BCUT2D eigenvalue weighted by atomic mass is 9.79. The van der Waals surface area contributed by atoms with Crippen LogP contribution in [0.4, 0.5) is 20.4 Å². The van der Waals surface area contributed by atoms with Gasteiger partial charge in [0.1, 0.15) is 11.6 Å². The molecular weight excluding hydrogens is 453 g/mol. The van der Waals surface area contributed by atoms with E-state index in [0.717, 1.165) is 17.6 Å². The van der Waals surface area contributed by atoms with E-state index in [1.54, 1.807) is 36.5 Å². The Hall–Kier alpha value is -3.37. The van der Waals surface area contributed by atoms with Crippen LogP contribution >= 0.6 is 0 Å². The second kappa shape index (κ2) is 9.35. The molecule has 7 nitrogen and oxygen atoms in total. The molecule has 0 unspecified atom stereocenters. The zero-order chi connectivity index (χ0) is 25.4. The van der Waals surface area contributed by atoms with Crippen molar-refractivity contribution in [1.29, 1.82) is 0 Å². The third-order valence-corrected chi connectivity index (χ3v) is 6.42. The topological polar surface area (TPSA) is 76.6 Å². The molecule has 1 saturated heterocycles. The van der Waals surface area contributed by atoms with Gasteiger partial charge < -0.3 is 19.5 Å². The van der Waals surface area contributed by atoms with Crippen molar-refractivity contribution < 1.29 is 22.9 Å². The number of anilines is 2. The number of hydrogen-bond acceptors (Lipinski definition) is 6. The summed E-state index contributed by atoms with van der Waals surface area (Å²) in [6.45, 7) is 7.98. The third kappa shape index (κ3) is 5.03. The van der Waals surface area contributed by atoms with E-state index < -0.39 is 35.9 Å².